The number of aryl methyl sites for hydroxylation is 1. The third kappa shape index (κ3) is 3.26. The second-order valence-corrected chi connectivity index (χ2v) is 4.00. The fourth-order valence-corrected chi connectivity index (χ4v) is 1.67. The zero-order chi connectivity index (χ0) is 13.2. The maximum atomic E-state index is 12.5. The van der Waals surface area contributed by atoms with E-state index in [1.165, 1.54) is 12.1 Å². The molecule has 1 aromatic rings. The summed E-state index contributed by atoms with van der Waals surface area (Å²) < 4.78 is 42.7. The predicted octanol–water partition coefficient (Wildman–Crippen LogP) is 3.61. The van der Waals surface area contributed by atoms with Crippen LogP contribution in [0, 0.1) is 6.92 Å². The van der Waals surface area contributed by atoms with Gasteiger partial charge in [0.1, 0.15) is 11.8 Å². The maximum Gasteiger partial charge on any atom is 0.407 e. The van der Waals surface area contributed by atoms with Crippen molar-refractivity contribution in [1.82, 2.24) is 0 Å². The summed E-state index contributed by atoms with van der Waals surface area (Å²) in [5, 5.41) is 0.132. The van der Waals surface area contributed by atoms with E-state index in [0.29, 0.717) is 17.9 Å². The molecule has 1 unspecified atom stereocenters. The van der Waals surface area contributed by atoms with Crippen molar-refractivity contribution >= 4 is 11.6 Å². The lowest BCUT2D eigenvalue weighted by molar-refractivity contribution is -0.149. The van der Waals surface area contributed by atoms with E-state index in [-0.39, 0.29) is 10.6 Å². The Morgan fingerprint density at radius 2 is 2.00 bits per heavy atom. The van der Waals surface area contributed by atoms with Crippen LogP contribution in [0.15, 0.2) is 12.1 Å². The van der Waals surface area contributed by atoms with Gasteiger partial charge in [0.15, 0.2) is 0 Å². The van der Waals surface area contributed by atoms with Crippen molar-refractivity contribution in [3.63, 3.8) is 0 Å². The summed E-state index contributed by atoms with van der Waals surface area (Å²) in [4.78, 5) is 0. The van der Waals surface area contributed by atoms with Crippen molar-refractivity contribution in [2.24, 2.45) is 5.73 Å². The van der Waals surface area contributed by atoms with Crippen LogP contribution in [0.4, 0.5) is 13.2 Å². The number of rotatable bonds is 3. The average molecular weight is 268 g/mol. The standard InChI is InChI=1S/C11H13ClF3NO/c1-3-17-9-4-6(2)7(5-8(9)12)10(16)11(13,14)15/h4-5,10H,3,16H2,1-2H3. The van der Waals surface area contributed by atoms with Gasteiger partial charge in [-0.15, -0.1) is 0 Å². The molecule has 0 bridgehead atoms. The molecule has 1 rings (SSSR count). The molecule has 6 heteroatoms. The molecule has 0 aliphatic rings. The summed E-state index contributed by atoms with van der Waals surface area (Å²) in [7, 11) is 0. The number of nitrogens with two attached hydrogens (primary N) is 1. The van der Waals surface area contributed by atoms with Crippen molar-refractivity contribution < 1.29 is 17.9 Å². The number of hydrogen-bond acceptors (Lipinski definition) is 2. The second-order valence-electron chi connectivity index (χ2n) is 3.59. The molecular formula is C11H13ClF3NO. The first-order valence-corrected chi connectivity index (χ1v) is 5.40. The van der Waals surface area contributed by atoms with Crippen LogP contribution in [0.2, 0.25) is 5.02 Å². The molecule has 0 spiro atoms. The summed E-state index contributed by atoms with van der Waals surface area (Å²) in [5.41, 5.74) is 5.51. The monoisotopic (exact) mass is 267 g/mol. The van der Waals surface area contributed by atoms with Gasteiger partial charge in [-0.05, 0) is 37.1 Å². The van der Waals surface area contributed by atoms with Gasteiger partial charge in [0.2, 0.25) is 0 Å². The van der Waals surface area contributed by atoms with Crippen LogP contribution in [-0.4, -0.2) is 12.8 Å². The van der Waals surface area contributed by atoms with E-state index in [9.17, 15) is 13.2 Å². The van der Waals surface area contributed by atoms with E-state index < -0.39 is 12.2 Å². The van der Waals surface area contributed by atoms with Crippen molar-refractivity contribution in [3.8, 4) is 5.75 Å². The Hall–Kier alpha value is -0.940. The van der Waals surface area contributed by atoms with Crippen LogP contribution < -0.4 is 10.5 Å². The third-order valence-electron chi connectivity index (χ3n) is 2.31. The quantitative estimate of drug-likeness (QED) is 0.908. The van der Waals surface area contributed by atoms with Crippen LogP contribution in [0.3, 0.4) is 0 Å². The van der Waals surface area contributed by atoms with Crippen molar-refractivity contribution in [2.75, 3.05) is 6.61 Å². The minimum Gasteiger partial charge on any atom is -0.492 e. The molecular weight excluding hydrogens is 255 g/mol. The van der Waals surface area contributed by atoms with Gasteiger partial charge in [-0.1, -0.05) is 11.6 Å². The van der Waals surface area contributed by atoms with Crippen molar-refractivity contribution in [1.29, 1.82) is 0 Å². The highest BCUT2D eigenvalue weighted by molar-refractivity contribution is 6.32. The topological polar surface area (TPSA) is 35.2 Å². The Morgan fingerprint density at radius 3 is 2.47 bits per heavy atom. The second kappa shape index (κ2) is 5.14. The van der Waals surface area contributed by atoms with E-state index in [1.54, 1.807) is 13.8 Å². The molecule has 0 radical (unpaired) electrons. The molecule has 1 aromatic carbocycles. The van der Waals surface area contributed by atoms with Gasteiger partial charge >= 0.3 is 6.18 Å². The smallest absolute Gasteiger partial charge is 0.407 e. The van der Waals surface area contributed by atoms with E-state index in [2.05, 4.69) is 0 Å². The van der Waals surface area contributed by atoms with Crippen LogP contribution in [0.5, 0.6) is 5.75 Å². The lowest BCUT2D eigenvalue weighted by atomic mass is 10.0. The maximum absolute atomic E-state index is 12.5. The van der Waals surface area contributed by atoms with Gasteiger partial charge < -0.3 is 10.5 Å². The van der Waals surface area contributed by atoms with Gasteiger partial charge in [-0.25, -0.2) is 0 Å². The van der Waals surface area contributed by atoms with E-state index in [1.807, 2.05) is 0 Å². The van der Waals surface area contributed by atoms with Crippen LogP contribution in [0.1, 0.15) is 24.1 Å². The first kappa shape index (κ1) is 14.1. The molecule has 0 aromatic heterocycles. The Bertz CT molecular complexity index is 406. The molecule has 17 heavy (non-hydrogen) atoms. The number of benzene rings is 1. The fraction of sp³-hybridized carbons (Fsp3) is 0.455. The highest BCUT2D eigenvalue weighted by Crippen LogP contribution is 2.36. The van der Waals surface area contributed by atoms with Gasteiger partial charge in [0.05, 0.1) is 11.6 Å². The molecule has 0 amide bonds. The molecule has 0 fully saturated rings. The number of alkyl halides is 3. The summed E-state index contributed by atoms with van der Waals surface area (Å²) in [6.45, 7) is 3.70. The van der Waals surface area contributed by atoms with E-state index >= 15 is 0 Å². The minimum absolute atomic E-state index is 0.0362. The fourth-order valence-electron chi connectivity index (χ4n) is 1.45. The van der Waals surface area contributed by atoms with E-state index in [4.69, 9.17) is 22.1 Å². The highest BCUT2D eigenvalue weighted by atomic mass is 35.5. The molecule has 2 N–H and O–H groups in total. The van der Waals surface area contributed by atoms with Gasteiger partial charge in [-0.3, -0.25) is 0 Å². The lowest BCUT2D eigenvalue weighted by Gasteiger charge is -2.19. The third-order valence-corrected chi connectivity index (χ3v) is 2.60. The van der Waals surface area contributed by atoms with Gasteiger partial charge in [0.25, 0.3) is 0 Å². The van der Waals surface area contributed by atoms with E-state index in [0.717, 1.165) is 0 Å². The Labute approximate surface area is 103 Å². The first-order valence-electron chi connectivity index (χ1n) is 5.02. The predicted molar refractivity (Wildman–Crippen MR) is 60.3 cm³/mol. The van der Waals surface area contributed by atoms with Gasteiger partial charge in [0, 0.05) is 0 Å². The van der Waals surface area contributed by atoms with Gasteiger partial charge in [-0.2, -0.15) is 13.2 Å². The van der Waals surface area contributed by atoms with Crippen LogP contribution in [-0.2, 0) is 0 Å². The molecule has 0 aliphatic heterocycles. The summed E-state index contributed by atoms with van der Waals surface area (Å²) in [6, 6.07) is 0.642. The largest absolute Gasteiger partial charge is 0.492 e. The zero-order valence-electron chi connectivity index (χ0n) is 9.44. The van der Waals surface area contributed by atoms with Crippen molar-refractivity contribution in [3.05, 3.63) is 28.3 Å². The first-order chi connectivity index (χ1) is 7.77. The highest BCUT2D eigenvalue weighted by Gasteiger charge is 2.38. The summed E-state index contributed by atoms with van der Waals surface area (Å²) in [6.07, 6.45) is -4.48. The molecule has 1 atom stereocenters. The summed E-state index contributed by atoms with van der Waals surface area (Å²) >= 11 is 5.83. The average Bonchev–Trinajstić information content (AvgIpc) is 2.21. The normalized spacial score (nSPS) is 13.6. The summed E-state index contributed by atoms with van der Waals surface area (Å²) in [5.74, 6) is 0.366. The molecule has 0 aliphatic carbocycles. The lowest BCUT2D eigenvalue weighted by Crippen LogP contribution is -2.29. The number of ether oxygens (including phenoxy) is 1. The van der Waals surface area contributed by atoms with Crippen LogP contribution >= 0.6 is 11.6 Å². The Kier molecular flexibility index (Phi) is 4.27. The molecule has 0 saturated carbocycles. The Morgan fingerprint density at radius 1 is 1.41 bits per heavy atom. The number of hydrogen-bond donors (Lipinski definition) is 1. The SMILES string of the molecule is CCOc1cc(C)c(C(N)C(F)(F)F)cc1Cl. The minimum atomic E-state index is -4.48. The molecule has 0 saturated heterocycles. The zero-order valence-corrected chi connectivity index (χ0v) is 10.2. The van der Waals surface area contributed by atoms with Crippen LogP contribution in [0.25, 0.3) is 0 Å². The Balaban J connectivity index is 3.15. The molecule has 2 nitrogen and oxygen atoms in total. The molecule has 0 heterocycles. The number of halogens is 4. The molecule has 96 valence electrons. The van der Waals surface area contributed by atoms with Crippen molar-refractivity contribution in [2.45, 2.75) is 26.1 Å².